The van der Waals surface area contributed by atoms with Crippen molar-refractivity contribution in [1.82, 2.24) is 29.4 Å². The van der Waals surface area contributed by atoms with E-state index in [1.54, 1.807) is 6.33 Å². The summed E-state index contributed by atoms with van der Waals surface area (Å²) < 4.78 is 3.77. The number of aryl methyl sites for hydroxylation is 5. The Hall–Kier alpha value is -2.28. The van der Waals surface area contributed by atoms with Gasteiger partial charge in [-0.3, -0.25) is 4.68 Å². The summed E-state index contributed by atoms with van der Waals surface area (Å²) >= 11 is 1.82. The smallest absolute Gasteiger partial charge is 0.167 e. The second-order valence-electron chi connectivity index (χ2n) is 6.11. The number of thiophene rings is 1. The largest absolute Gasteiger partial charge is 0.272 e. The van der Waals surface area contributed by atoms with Crippen LogP contribution in [0.4, 0.5) is 0 Å². The zero-order valence-electron chi connectivity index (χ0n) is 12.9. The van der Waals surface area contributed by atoms with Crippen molar-refractivity contribution in [2.45, 2.75) is 39.2 Å². The second kappa shape index (κ2) is 4.86. The molecule has 0 saturated carbocycles. The molecule has 5 rings (SSSR count). The number of rotatable bonds is 3. The van der Waals surface area contributed by atoms with E-state index in [1.165, 1.54) is 34.2 Å². The summed E-state index contributed by atoms with van der Waals surface area (Å²) in [4.78, 5) is 11.9. The Balaban J connectivity index is 1.54. The van der Waals surface area contributed by atoms with Crippen LogP contribution in [0.25, 0.3) is 15.9 Å². The van der Waals surface area contributed by atoms with Crippen LogP contribution in [-0.4, -0.2) is 29.4 Å². The summed E-state index contributed by atoms with van der Waals surface area (Å²) in [6, 6.07) is 0. The molecular formula is C16H16N6S. The van der Waals surface area contributed by atoms with Crippen molar-refractivity contribution >= 4 is 27.2 Å². The molecule has 7 heteroatoms. The molecule has 1 aliphatic rings. The second-order valence-corrected chi connectivity index (χ2v) is 7.19. The zero-order chi connectivity index (χ0) is 15.4. The monoisotopic (exact) mass is 324 g/mol. The molecule has 0 radical (unpaired) electrons. The molecule has 1 aliphatic carbocycles. The lowest BCUT2D eigenvalue weighted by Gasteiger charge is -1.96. The summed E-state index contributed by atoms with van der Waals surface area (Å²) in [5, 5.41) is 10.1. The molecule has 0 spiro atoms. The number of hydrogen-bond donors (Lipinski definition) is 0. The maximum Gasteiger partial charge on any atom is 0.167 e. The number of hydrogen-bond acceptors (Lipinski definition) is 5. The molecule has 4 heterocycles. The van der Waals surface area contributed by atoms with E-state index < -0.39 is 0 Å². The molecule has 0 bridgehead atoms. The van der Waals surface area contributed by atoms with Gasteiger partial charge in [-0.25, -0.2) is 14.5 Å². The molecule has 116 valence electrons. The predicted octanol–water partition coefficient (Wildman–Crippen LogP) is 2.58. The summed E-state index contributed by atoms with van der Waals surface area (Å²) in [5.74, 6) is 0.852. The van der Waals surface area contributed by atoms with Crippen LogP contribution in [0.5, 0.6) is 0 Å². The van der Waals surface area contributed by atoms with Crippen LogP contribution in [0.15, 0.2) is 18.7 Å². The summed E-state index contributed by atoms with van der Waals surface area (Å²) in [6.07, 6.45) is 10.1. The highest BCUT2D eigenvalue weighted by molar-refractivity contribution is 7.19. The minimum absolute atomic E-state index is 0.774. The third-order valence-corrected chi connectivity index (χ3v) is 5.61. The van der Waals surface area contributed by atoms with Crippen LogP contribution in [-0.2, 0) is 25.8 Å². The Morgan fingerprint density at radius 3 is 3.13 bits per heavy atom. The van der Waals surface area contributed by atoms with Crippen molar-refractivity contribution in [3.63, 3.8) is 0 Å². The molecule has 4 aromatic rings. The van der Waals surface area contributed by atoms with E-state index in [4.69, 9.17) is 4.98 Å². The Morgan fingerprint density at radius 1 is 1.30 bits per heavy atom. The van der Waals surface area contributed by atoms with Gasteiger partial charge >= 0.3 is 0 Å². The van der Waals surface area contributed by atoms with Gasteiger partial charge in [0.2, 0.25) is 0 Å². The van der Waals surface area contributed by atoms with Gasteiger partial charge in [0.1, 0.15) is 11.2 Å². The lowest BCUT2D eigenvalue weighted by atomic mass is 10.2. The molecular weight excluding hydrogens is 308 g/mol. The van der Waals surface area contributed by atoms with Gasteiger partial charge < -0.3 is 0 Å². The Labute approximate surface area is 136 Å². The minimum atomic E-state index is 0.774. The average Bonchev–Trinajstić information content (AvgIpc) is 3.26. The lowest BCUT2D eigenvalue weighted by Crippen LogP contribution is -2.03. The lowest BCUT2D eigenvalue weighted by molar-refractivity contribution is 0.599. The molecule has 0 aromatic carbocycles. The first kappa shape index (κ1) is 13.2. The maximum atomic E-state index is 4.79. The topological polar surface area (TPSA) is 60.9 Å². The molecule has 0 atom stereocenters. The van der Waals surface area contributed by atoms with Gasteiger partial charge in [-0.15, -0.1) is 16.4 Å². The van der Waals surface area contributed by atoms with Crippen molar-refractivity contribution in [3.05, 3.63) is 40.5 Å². The molecule has 6 nitrogen and oxygen atoms in total. The van der Waals surface area contributed by atoms with Crippen molar-refractivity contribution < 1.29 is 0 Å². The molecule has 23 heavy (non-hydrogen) atoms. The fraction of sp³-hybridized carbons (Fsp3) is 0.375. The van der Waals surface area contributed by atoms with E-state index in [1.807, 2.05) is 39.9 Å². The van der Waals surface area contributed by atoms with E-state index in [0.29, 0.717) is 0 Å². The highest BCUT2D eigenvalue weighted by Gasteiger charge is 2.21. The SMILES string of the molecule is Cc1cnn(CCc2nc3c4c5c(sc4ncn3n2)CCC5)c1. The fourth-order valence-electron chi connectivity index (χ4n) is 3.35. The Morgan fingerprint density at radius 2 is 2.26 bits per heavy atom. The molecule has 0 aliphatic heterocycles. The fourth-order valence-corrected chi connectivity index (χ4v) is 4.57. The highest BCUT2D eigenvalue weighted by Crippen LogP contribution is 2.37. The van der Waals surface area contributed by atoms with Crippen LogP contribution >= 0.6 is 11.3 Å². The van der Waals surface area contributed by atoms with E-state index in [2.05, 4.69) is 15.2 Å². The van der Waals surface area contributed by atoms with Gasteiger partial charge in [0.15, 0.2) is 11.5 Å². The third-order valence-electron chi connectivity index (χ3n) is 4.41. The first-order valence-corrected chi connectivity index (χ1v) is 8.73. The Kier molecular flexibility index (Phi) is 2.78. The van der Waals surface area contributed by atoms with Crippen LogP contribution in [0, 0.1) is 6.92 Å². The summed E-state index contributed by atoms with van der Waals surface area (Å²) in [6.45, 7) is 2.84. The van der Waals surface area contributed by atoms with Crippen LogP contribution in [0.2, 0.25) is 0 Å². The highest BCUT2D eigenvalue weighted by atomic mass is 32.1. The normalized spacial score (nSPS) is 14.1. The molecule has 0 saturated heterocycles. The van der Waals surface area contributed by atoms with Crippen LogP contribution < -0.4 is 0 Å². The van der Waals surface area contributed by atoms with Crippen LogP contribution in [0.3, 0.4) is 0 Å². The quantitative estimate of drug-likeness (QED) is 0.581. The van der Waals surface area contributed by atoms with Crippen molar-refractivity contribution in [2.24, 2.45) is 0 Å². The van der Waals surface area contributed by atoms with E-state index in [0.717, 1.165) is 35.7 Å². The van der Waals surface area contributed by atoms with Gasteiger partial charge in [0, 0.05) is 24.0 Å². The van der Waals surface area contributed by atoms with E-state index >= 15 is 0 Å². The minimum Gasteiger partial charge on any atom is -0.272 e. The van der Waals surface area contributed by atoms with Crippen molar-refractivity contribution in [2.75, 3.05) is 0 Å². The van der Waals surface area contributed by atoms with E-state index in [9.17, 15) is 0 Å². The first-order valence-electron chi connectivity index (χ1n) is 7.91. The number of aromatic nitrogens is 6. The van der Waals surface area contributed by atoms with Gasteiger partial charge in [-0.05, 0) is 37.3 Å². The standard InChI is InChI=1S/C16H16N6S/c1-10-7-18-21(8-10)6-5-13-19-15-14-11-3-2-4-12(11)23-16(14)17-9-22(15)20-13/h7-9H,2-6H2,1H3. The molecule has 4 aromatic heterocycles. The molecule has 0 fully saturated rings. The van der Waals surface area contributed by atoms with Gasteiger partial charge in [0.05, 0.1) is 11.6 Å². The predicted molar refractivity (Wildman–Crippen MR) is 88.9 cm³/mol. The first-order chi connectivity index (χ1) is 11.3. The molecule has 0 amide bonds. The maximum absolute atomic E-state index is 4.79. The van der Waals surface area contributed by atoms with Crippen molar-refractivity contribution in [1.29, 1.82) is 0 Å². The van der Waals surface area contributed by atoms with Gasteiger partial charge in [-0.1, -0.05) is 0 Å². The molecule has 0 N–H and O–H groups in total. The molecule has 0 unspecified atom stereocenters. The Bertz CT molecular complexity index is 1020. The number of nitrogens with zero attached hydrogens (tertiary/aromatic N) is 6. The average molecular weight is 324 g/mol. The summed E-state index contributed by atoms with van der Waals surface area (Å²) in [5.41, 5.74) is 3.58. The van der Waals surface area contributed by atoms with E-state index in [-0.39, 0.29) is 0 Å². The third kappa shape index (κ3) is 2.07. The number of fused-ring (bicyclic) bond motifs is 5. The zero-order valence-corrected chi connectivity index (χ0v) is 13.7. The van der Waals surface area contributed by atoms with Crippen LogP contribution in [0.1, 0.15) is 28.2 Å². The van der Waals surface area contributed by atoms with Gasteiger partial charge in [-0.2, -0.15) is 5.10 Å². The summed E-state index contributed by atoms with van der Waals surface area (Å²) in [7, 11) is 0. The van der Waals surface area contributed by atoms with Gasteiger partial charge in [0.25, 0.3) is 0 Å². The van der Waals surface area contributed by atoms with Crippen molar-refractivity contribution in [3.8, 4) is 0 Å².